The molecule has 0 amide bonds. The largest absolute Gasteiger partial charge is 0.435 e. The highest BCUT2D eigenvalue weighted by molar-refractivity contribution is 5.80. The molecule has 110 valence electrons. The number of hydrazone groups is 1. The van der Waals surface area contributed by atoms with Crippen molar-refractivity contribution in [1.82, 2.24) is 0 Å². The van der Waals surface area contributed by atoms with Crippen LogP contribution < -0.4 is 26.0 Å². The third-order valence-corrected chi connectivity index (χ3v) is 1.84. The van der Waals surface area contributed by atoms with Crippen LogP contribution in [0, 0.1) is 0 Å². The second-order valence-electron chi connectivity index (χ2n) is 3.27. The van der Waals surface area contributed by atoms with E-state index in [2.05, 4.69) is 19.7 Å². The zero-order valence-corrected chi connectivity index (χ0v) is 9.89. The Hall–Kier alpha value is -2.52. The molecule has 0 atom stereocenters. The van der Waals surface area contributed by atoms with Crippen LogP contribution in [-0.4, -0.2) is 25.4 Å². The zero-order valence-electron chi connectivity index (χ0n) is 9.89. The molecule has 1 rings (SSSR count). The quantitative estimate of drug-likeness (QED) is 0.287. The number of halogens is 4. The van der Waals surface area contributed by atoms with E-state index >= 15 is 0 Å². The predicted molar refractivity (Wildman–Crippen MR) is 61.6 cm³/mol. The normalized spacial score (nSPS) is 11.1. The fraction of sp³-hybridized carbons (Fsp3) is 0.200. The molecule has 1 aromatic carbocycles. The maximum Gasteiger partial charge on any atom is 0.387 e. The molecule has 0 aliphatic carbocycles. The van der Waals surface area contributed by atoms with Crippen LogP contribution >= 0.6 is 0 Å². The van der Waals surface area contributed by atoms with Crippen molar-refractivity contribution < 1.29 is 32.1 Å². The van der Waals surface area contributed by atoms with Gasteiger partial charge in [-0.3, -0.25) is 0 Å². The average molecular weight is 295 g/mol. The van der Waals surface area contributed by atoms with Gasteiger partial charge < -0.3 is 20.9 Å². The van der Waals surface area contributed by atoms with Crippen LogP contribution in [0.25, 0.3) is 0 Å². The van der Waals surface area contributed by atoms with E-state index in [0.29, 0.717) is 0 Å². The lowest BCUT2D eigenvalue weighted by molar-refractivity contribution is -0.456. The van der Waals surface area contributed by atoms with Gasteiger partial charge in [-0.15, -0.1) is 5.10 Å². The minimum absolute atomic E-state index is 0.108. The first kappa shape index (κ1) is 15.5. The van der Waals surface area contributed by atoms with E-state index in [1.54, 1.807) is 0 Å². The Kier molecular flexibility index (Phi) is 5.56. The zero-order chi connectivity index (χ0) is 15.1. The number of rotatable bonds is 6. The van der Waals surface area contributed by atoms with E-state index in [1.807, 2.05) is 0 Å². The van der Waals surface area contributed by atoms with E-state index in [1.165, 1.54) is 6.07 Å². The van der Waals surface area contributed by atoms with Gasteiger partial charge in [0.05, 0.1) is 5.56 Å². The molecule has 0 radical (unpaired) electrons. The number of nitrogens with one attached hydrogen (secondary N) is 1. The van der Waals surface area contributed by atoms with Gasteiger partial charge >= 0.3 is 13.2 Å². The summed E-state index contributed by atoms with van der Waals surface area (Å²) < 4.78 is 56.8. The summed E-state index contributed by atoms with van der Waals surface area (Å²) in [6.07, 6.45) is 1.14. The summed E-state index contributed by atoms with van der Waals surface area (Å²) in [5, 5.41) is 5.66. The van der Waals surface area contributed by atoms with Gasteiger partial charge in [0, 0.05) is 11.2 Å². The van der Waals surface area contributed by atoms with Crippen LogP contribution in [0.1, 0.15) is 5.56 Å². The van der Waals surface area contributed by atoms with E-state index in [9.17, 15) is 17.6 Å². The summed E-state index contributed by atoms with van der Waals surface area (Å²) in [7, 11) is 0. The van der Waals surface area contributed by atoms with Gasteiger partial charge in [-0.25, -0.2) is 0 Å². The topological polar surface area (TPSA) is 96.8 Å². The second-order valence-corrected chi connectivity index (χ2v) is 3.27. The van der Waals surface area contributed by atoms with Gasteiger partial charge in [0.1, 0.15) is 11.5 Å². The molecule has 20 heavy (non-hydrogen) atoms. The Labute approximate surface area is 110 Å². The van der Waals surface area contributed by atoms with Crippen molar-refractivity contribution in [2.24, 2.45) is 16.6 Å². The lowest BCUT2D eigenvalue weighted by Crippen LogP contribution is -2.63. The van der Waals surface area contributed by atoms with Gasteiger partial charge in [0.2, 0.25) is 6.21 Å². The fourth-order valence-corrected chi connectivity index (χ4v) is 1.18. The second kappa shape index (κ2) is 7.16. The molecule has 0 aliphatic heterocycles. The highest BCUT2D eigenvalue weighted by Crippen LogP contribution is 2.26. The average Bonchev–Trinajstić information content (AvgIpc) is 2.29. The van der Waals surface area contributed by atoms with Crippen LogP contribution in [0.3, 0.4) is 0 Å². The van der Waals surface area contributed by atoms with Crippen molar-refractivity contribution in [3.8, 4) is 11.5 Å². The molecule has 0 saturated carbocycles. The maximum atomic E-state index is 12.2. The number of nitrogens with two attached hydrogens (primary N) is 2. The number of guanidine groups is 1. The SMILES string of the molecule is NC(N)=N/[NH+]=C/c1ccc(OC(F)F)cc1OC(F)F. The third kappa shape index (κ3) is 5.42. The first-order chi connectivity index (χ1) is 9.38. The van der Waals surface area contributed by atoms with Crippen molar-refractivity contribution in [1.29, 1.82) is 0 Å². The van der Waals surface area contributed by atoms with Crippen molar-refractivity contribution in [3.63, 3.8) is 0 Å². The number of nitrogens with zero attached hydrogens (tertiary/aromatic N) is 1. The van der Waals surface area contributed by atoms with E-state index in [0.717, 1.165) is 18.3 Å². The van der Waals surface area contributed by atoms with Crippen molar-refractivity contribution in [2.75, 3.05) is 0 Å². The number of alkyl halides is 4. The summed E-state index contributed by atoms with van der Waals surface area (Å²) in [6.45, 7) is -6.21. The summed E-state index contributed by atoms with van der Waals surface area (Å²) in [6, 6.07) is 3.25. The van der Waals surface area contributed by atoms with Gasteiger partial charge in [-0.1, -0.05) is 0 Å². The van der Waals surface area contributed by atoms with E-state index in [4.69, 9.17) is 11.5 Å². The summed E-state index contributed by atoms with van der Waals surface area (Å²) in [4.78, 5) is 0. The Morgan fingerprint density at radius 3 is 2.35 bits per heavy atom. The lowest BCUT2D eigenvalue weighted by Gasteiger charge is -2.09. The van der Waals surface area contributed by atoms with E-state index < -0.39 is 13.2 Å². The molecule has 6 nitrogen and oxygen atoms in total. The minimum atomic E-state index is -3.13. The number of benzene rings is 1. The molecule has 0 heterocycles. The van der Waals surface area contributed by atoms with Gasteiger partial charge in [-0.2, -0.15) is 17.6 Å². The van der Waals surface area contributed by atoms with Crippen molar-refractivity contribution in [3.05, 3.63) is 23.8 Å². The number of hydrogen-bond acceptors (Lipinski definition) is 3. The summed E-state index contributed by atoms with van der Waals surface area (Å²) >= 11 is 0. The maximum absolute atomic E-state index is 12.2. The highest BCUT2D eigenvalue weighted by Gasteiger charge is 2.13. The molecule has 0 aromatic heterocycles. The van der Waals surface area contributed by atoms with Gasteiger partial charge in [-0.05, 0) is 12.1 Å². The molecular formula is C10H11F4N4O2+. The van der Waals surface area contributed by atoms with Crippen molar-refractivity contribution >= 4 is 12.2 Å². The first-order valence-corrected chi connectivity index (χ1v) is 5.09. The molecule has 0 fully saturated rings. The van der Waals surface area contributed by atoms with Crippen LogP contribution in [0.4, 0.5) is 17.6 Å². The third-order valence-electron chi connectivity index (χ3n) is 1.84. The fourth-order valence-electron chi connectivity index (χ4n) is 1.18. The van der Waals surface area contributed by atoms with E-state index in [-0.39, 0.29) is 23.0 Å². The first-order valence-electron chi connectivity index (χ1n) is 5.09. The Balaban J connectivity index is 3.03. The summed E-state index contributed by atoms with van der Waals surface area (Å²) in [5.74, 6) is -0.985. The Morgan fingerprint density at radius 1 is 1.15 bits per heavy atom. The number of ether oxygens (including phenoxy) is 2. The van der Waals surface area contributed by atoms with Crippen LogP contribution in [0.15, 0.2) is 23.3 Å². The van der Waals surface area contributed by atoms with Crippen LogP contribution in [-0.2, 0) is 0 Å². The minimum Gasteiger partial charge on any atom is -0.435 e. The molecule has 5 N–H and O–H groups in total. The molecule has 0 aliphatic rings. The smallest absolute Gasteiger partial charge is 0.387 e. The van der Waals surface area contributed by atoms with Gasteiger partial charge in [0.25, 0.3) is 5.96 Å². The monoisotopic (exact) mass is 295 g/mol. The molecular weight excluding hydrogens is 284 g/mol. The predicted octanol–water partition coefficient (Wildman–Crippen LogP) is -0.423. The number of hydrogen-bond donors (Lipinski definition) is 3. The molecule has 0 saturated heterocycles. The molecule has 10 heteroatoms. The Morgan fingerprint density at radius 2 is 1.80 bits per heavy atom. The summed E-state index contributed by atoms with van der Waals surface area (Å²) in [5.41, 5.74) is 10.2. The molecule has 0 bridgehead atoms. The van der Waals surface area contributed by atoms with Crippen LogP contribution in [0.5, 0.6) is 11.5 Å². The molecule has 0 spiro atoms. The van der Waals surface area contributed by atoms with Crippen molar-refractivity contribution in [2.45, 2.75) is 13.2 Å². The lowest BCUT2D eigenvalue weighted by atomic mass is 10.2. The Bertz CT molecular complexity index is 504. The highest BCUT2D eigenvalue weighted by atomic mass is 19.3. The van der Waals surface area contributed by atoms with Gasteiger partial charge in [0.15, 0.2) is 0 Å². The molecule has 0 unspecified atom stereocenters. The van der Waals surface area contributed by atoms with Crippen LogP contribution in [0.2, 0.25) is 0 Å². The standard InChI is InChI=1S/C10H10F4N4O2/c11-8(12)19-6-2-1-5(4-17-18-10(15)16)7(3-6)20-9(13)14/h1-4,8-9H,(H4,15,16,18)/p+1/b17-4+. The molecule has 1 aromatic rings.